The number of halogens is 1. The van der Waals surface area contributed by atoms with Crippen LogP contribution in [-0.2, 0) is 17.4 Å². The fourth-order valence-electron chi connectivity index (χ4n) is 2.80. The maximum atomic E-state index is 13.4. The molecule has 0 spiro atoms. The third kappa shape index (κ3) is 7.05. The number of hydrogen-bond acceptors (Lipinski definition) is 1. The summed E-state index contributed by atoms with van der Waals surface area (Å²) >= 11 is 0. The van der Waals surface area contributed by atoms with Crippen LogP contribution in [0.3, 0.4) is 0 Å². The lowest BCUT2D eigenvalue weighted by atomic mass is 10.0. The Hall–Kier alpha value is -1.68. The Kier molecular flexibility index (Phi) is 10.4. The van der Waals surface area contributed by atoms with E-state index in [0.29, 0.717) is 5.92 Å². The Balaban J connectivity index is 0.000000583. The molecule has 1 unspecified atom stereocenters. The van der Waals surface area contributed by atoms with Gasteiger partial charge in [-0.2, -0.15) is 0 Å². The van der Waals surface area contributed by atoms with Crippen molar-refractivity contribution in [2.45, 2.75) is 72.1 Å². The van der Waals surface area contributed by atoms with Gasteiger partial charge in [0, 0.05) is 6.54 Å². The van der Waals surface area contributed by atoms with Gasteiger partial charge in [0.2, 0.25) is 0 Å². The normalized spacial score (nSPS) is 13.9. The molecule has 1 atom stereocenters. The van der Waals surface area contributed by atoms with Crippen LogP contribution >= 0.6 is 0 Å². The Morgan fingerprint density at radius 3 is 2.07 bits per heavy atom. The molecule has 0 fully saturated rings. The fraction of sp³-hybridized carbons (Fsp3) is 0.500. The van der Waals surface area contributed by atoms with E-state index in [2.05, 4.69) is 34.6 Å². The van der Waals surface area contributed by atoms with Gasteiger partial charge >= 0.3 is 0 Å². The molecular formula is C24H36FNOS. The summed E-state index contributed by atoms with van der Waals surface area (Å²) in [6.07, 6.45) is 1.74. The second-order valence-electron chi connectivity index (χ2n) is 7.68. The smallest absolute Gasteiger partial charge is 0.152 e. The SMILES string of the molecule is CC.CC(C)C.CC(C)c1ccc(S(=O)N2CCCc3cc(F)ccc32)cc1. The van der Waals surface area contributed by atoms with Crippen molar-refractivity contribution in [2.24, 2.45) is 5.92 Å². The first-order chi connectivity index (χ1) is 13.3. The molecule has 2 aromatic rings. The van der Waals surface area contributed by atoms with Crippen LogP contribution in [0.4, 0.5) is 10.1 Å². The zero-order valence-corrected chi connectivity index (χ0v) is 19.3. The molecule has 0 radical (unpaired) electrons. The van der Waals surface area contributed by atoms with Crippen molar-refractivity contribution >= 4 is 16.7 Å². The molecule has 0 amide bonds. The molecule has 28 heavy (non-hydrogen) atoms. The van der Waals surface area contributed by atoms with Crippen molar-refractivity contribution in [2.75, 3.05) is 10.8 Å². The summed E-state index contributed by atoms with van der Waals surface area (Å²) in [6, 6.07) is 12.7. The minimum atomic E-state index is -1.25. The molecule has 0 bridgehead atoms. The minimum Gasteiger partial charge on any atom is -0.287 e. The molecule has 156 valence electrons. The highest BCUT2D eigenvalue weighted by atomic mass is 32.2. The molecule has 0 aromatic heterocycles. The lowest BCUT2D eigenvalue weighted by Gasteiger charge is -2.30. The standard InChI is InChI=1S/C18H20FNOS.C4H10.C2H6/c1-13(2)14-5-8-17(9-6-14)22(21)20-11-3-4-15-12-16(19)7-10-18(15)20;1-4(2)3;1-2/h5-10,12-13H,3-4,11H2,1-2H3;4H,1-3H3;1-2H3. The van der Waals surface area contributed by atoms with Gasteiger partial charge in [0.1, 0.15) is 5.82 Å². The van der Waals surface area contributed by atoms with Gasteiger partial charge in [0.25, 0.3) is 0 Å². The van der Waals surface area contributed by atoms with Crippen LogP contribution in [0.2, 0.25) is 0 Å². The molecule has 0 N–H and O–H groups in total. The monoisotopic (exact) mass is 405 g/mol. The van der Waals surface area contributed by atoms with Crippen LogP contribution in [0.5, 0.6) is 0 Å². The number of benzene rings is 2. The second-order valence-corrected chi connectivity index (χ2v) is 9.09. The maximum Gasteiger partial charge on any atom is 0.152 e. The Bertz CT molecular complexity index is 738. The number of fused-ring (bicyclic) bond motifs is 1. The van der Waals surface area contributed by atoms with Gasteiger partial charge in [-0.15, -0.1) is 0 Å². The number of nitrogens with zero attached hydrogens (tertiary/aromatic N) is 1. The lowest BCUT2D eigenvalue weighted by Crippen LogP contribution is -2.31. The summed E-state index contributed by atoms with van der Waals surface area (Å²) in [6.45, 7) is 15.5. The molecule has 2 aromatic carbocycles. The van der Waals surface area contributed by atoms with Crippen LogP contribution in [-0.4, -0.2) is 10.8 Å². The highest BCUT2D eigenvalue weighted by molar-refractivity contribution is 7.86. The highest BCUT2D eigenvalue weighted by Crippen LogP contribution is 2.31. The van der Waals surface area contributed by atoms with Crippen molar-refractivity contribution < 1.29 is 8.60 Å². The van der Waals surface area contributed by atoms with Gasteiger partial charge in [0.15, 0.2) is 11.0 Å². The molecule has 0 saturated heterocycles. The fourth-order valence-corrected chi connectivity index (χ4v) is 4.07. The molecular weight excluding hydrogens is 369 g/mol. The van der Waals surface area contributed by atoms with E-state index in [9.17, 15) is 8.60 Å². The van der Waals surface area contributed by atoms with E-state index in [0.717, 1.165) is 41.5 Å². The van der Waals surface area contributed by atoms with Gasteiger partial charge in [0.05, 0.1) is 10.6 Å². The predicted octanol–water partition coefficient (Wildman–Crippen LogP) is 7.11. The van der Waals surface area contributed by atoms with Crippen molar-refractivity contribution in [3.63, 3.8) is 0 Å². The average molecular weight is 406 g/mol. The number of hydrogen-bond donors (Lipinski definition) is 0. The largest absolute Gasteiger partial charge is 0.287 e. The van der Waals surface area contributed by atoms with E-state index in [1.165, 1.54) is 11.6 Å². The van der Waals surface area contributed by atoms with Crippen LogP contribution in [0.1, 0.15) is 71.9 Å². The summed E-state index contributed by atoms with van der Waals surface area (Å²) in [5.41, 5.74) is 3.07. The predicted molar refractivity (Wildman–Crippen MR) is 121 cm³/mol. The van der Waals surface area contributed by atoms with E-state index in [4.69, 9.17) is 0 Å². The lowest BCUT2D eigenvalue weighted by molar-refractivity contribution is 0.622. The zero-order valence-electron chi connectivity index (χ0n) is 18.5. The van der Waals surface area contributed by atoms with Crippen molar-refractivity contribution in [1.29, 1.82) is 0 Å². The number of rotatable bonds is 3. The van der Waals surface area contributed by atoms with Crippen molar-refractivity contribution in [3.8, 4) is 0 Å². The van der Waals surface area contributed by atoms with Gasteiger partial charge in [-0.3, -0.25) is 4.31 Å². The summed E-state index contributed by atoms with van der Waals surface area (Å²) in [7, 11) is -1.25. The first-order valence-corrected chi connectivity index (χ1v) is 11.5. The summed E-state index contributed by atoms with van der Waals surface area (Å²) in [5, 5.41) is 0. The quantitative estimate of drug-likeness (QED) is 0.532. The molecule has 4 heteroatoms. The average Bonchev–Trinajstić information content (AvgIpc) is 2.68. The maximum absolute atomic E-state index is 13.4. The van der Waals surface area contributed by atoms with Gasteiger partial charge in [-0.1, -0.05) is 60.6 Å². The van der Waals surface area contributed by atoms with E-state index in [1.54, 1.807) is 12.1 Å². The van der Waals surface area contributed by atoms with Gasteiger partial charge < -0.3 is 0 Å². The van der Waals surface area contributed by atoms with Crippen LogP contribution < -0.4 is 4.31 Å². The first kappa shape index (κ1) is 24.4. The molecule has 0 saturated carbocycles. The van der Waals surface area contributed by atoms with Gasteiger partial charge in [-0.25, -0.2) is 8.60 Å². The van der Waals surface area contributed by atoms with E-state index < -0.39 is 11.0 Å². The Morgan fingerprint density at radius 1 is 0.964 bits per heavy atom. The van der Waals surface area contributed by atoms with Gasteiger partial charge in [-0.05, 0) is 66.1 Å². The highest BCUT2D eigenvalue weighted by Gasteiger charge is 2.23. The molecule has 1 aliphatic rings. The summed E-state index contributed by atoms with van der Waals surface area (Å²) < 4.78 is 28.1. The van der Waals surface area contributed by atoms with E-state index in [1.807, 2.05) is 42.4 Å². The molecule has 1 aliphatic heterocycles. The minimum absolute atomic E-state index is 0.229. The van der Waals surface area contributed by atoms with Crippen LogP contribution in [0.25, 0.3) is 0 Å². The summed E-state index contributed by atoms with van der Waals surface area (Å²) in [5.74, 6) is 1.06. The third-order valence-electron chi connectivity index (χ3n) is 4.07. The third-order valence-corrected chi connectivity index (χ3v) is 5.52. The first-order valence-electron chi connectivity index (χ1n) is 10.4. The topological polar surface area (TPSA) is 20.3 Å². The number of aryl methyl sites for hydroxylation is 1. The molecule has 0 aliphatic carbocycles. The molecule has 3 rings (SSSR count). The Morgan fingerprint density at radius 2 is 1.54 bits per heavy atom. The van der Waals surface area contributed by atoms with E-state index >= 15 is 0 Å². The zero-order chi connectivity index (χ0) is 21.3. The Labute approximate surface area is 173 Å². The second kappa shape index (κ2) is 12.0. The number of anilines is 1. The van der Waals surface area contributed by atoms with Crippen molar-refractivity contribution in [3.05, 3.63) is 59.4 Å². The van der Waals surface area contributed by atoms with Crippen LogP contribution in [0.15, 0.2) is 47.4 Å². The van der Waals surface area contributed by atoms with Crippen LogP contribution in [0, 0.1) is 11.7 Å². The molecule has 2 nitrogen and oxygen atoms in total. The summed E-state index contributed by atoms with van der Waals surface area (Å²) in [4.78, 5) is 0.793. The molecule has 1 heterocycles. The van der Waals surface area contributed by atoms with E-state index in [-0.39, 0.29) is 5.82 Å². The van der Waals surface area contributed by atoms with Crippen molar-refractivity contribution in [1.82, 2.24) is 0 Å².